The van der Waals surface area contributed by atoms with Gasteiger partial charge >= 0.3 is 12.1 Å². The van der Waals surface area contributed by atoms with Crippen LogP contribution in [0.4, 0.5) is 15.3 Å². The summed E-state index contributed by atoms with van der Waals surface area (Å²) in [6.45, 7) is 8.02. The molecule has 8 heteroatoms. The van der Waals surface area contributed by atoms with Crippen LogP contribution in [-0.4, -0.2) is 37.2 Å². The van der Waals surface area contributed by atoms with E-state index in [-0.39, 0.29) is 23.9 Å². The monoisotopic (exact) mass is 378 g/mol. The van der Waals surface area contributed by atoms with E-state index in [1.54, 1.807) is 12.1 Å². The van der Waals surface area contributed by atoms with Crippen LogP contribution in [-0.2, 0) is 16.1 Å². The number of carbonyl (C=O) groups is 3. The molecule has 0 spiro atoms. The van der Waals surface area contributed by atoms with Crippen molar-refractivity contribution >= 4 is 23.7 Å². The third-order valence-corrected chi connectivity index (χ3v) is 3.60. The van der Waals surface area contributed by atoms with Gasteiger partial charge in [-0.25, -0.2) is 9.59 Å². The first-order valence-electron chi connectivity index (χ1n) is 9.00. The number of rotatable bonds is 8. The zero-order valence-electron chi connectivity index (χ0n) is 16.6. The molecule has 1 aromatic rings. The predicted molar refractivity (Wildman–Crippen MR) is 104 cm³/mol. The first-order valence-corrected chi connectivity index (χ1v) is 9.00. The number of urea groups is 1. The molecule has 1 rings (SSSR count). The number of methoxy groups -OCH3 is 1. The van der Waals surface area contributed by atoms with Gasteiger partial charge in [0.25, 0.3) is 0 Å². The minimum atomic E-state index is -0.655. The lowest BCUT2D eigenvalue weighted by Crippen LogP contribution is -2.47. The summed E-state index contributed by atoms with van der Waals surface area (Å²) in [7, 11) is 1.26. The largest absolute Gasteiger partial charge is 0.453 e. The van der Waals surface area contributed by atoms with Crippen molar-refractivity contribution in [2.45, 2.75) is 52.7 Å². The lowest BCUT2D eigenvalue weighted by atomic mass is 10.0. The summed E-state index contributed by atoms with van der Waals surface area (Å²) in [4.78, 5) is 35.5. The molecular formula is C19H30N4O4. The fraction of sp³-hybridized carbons (Fsp3) is 0.526. The van der Waals surface area contributed by atoms with Crippen molar-refractivity contribution in [3.05, 3.63) is 29.8 Å². The predicted octanol–water partition coefficient (Wildman–Crippen LogP) is 2.60. The number of anilines is 1. The van der Waals surface area contributed by atoms with Crippen molar-refractivity contribution < 1.29 is 19.1 Å². The lowest BCUT2D eigenvalue weighted by molar-refractivity contribution is -0.123. The number of nitrogens with one attached hydrogen (secondary N) is 4. The average Bonchev–Trinajstić information content (AvgIpc) is 2.59. The SMILES string of the molecule is COC(=O)NC(CC(C)C)C(=O)NCc1ccc(NC(=O)NC(C)C)cc1. The molecule has 27 heavy (non-hydrogen) atoms. The normalized spacial score (nSPS) is 11.7. The van der Waals surface area contributed by atoms with Crippen molar-refractivity contribution in [1.82, 2.24) is 16.0 Å². The summed E-state index contributed by atoms with van der Waals surface area (Å²) < 4.78 is 4.57. The van der Waals surface area contributed by atoms with Crippen LogP contribution < -0.4 is 21.3 Å². The summed E-state index contributed by atoms with van der Waals surface area (Å²) in [5.41, 5.74) is 1.54. The number of carbonyl (C=O) groups excluding carboxylic acids is 3. The van der Waals surface area contributed by atoms with Crippen LogP contribution in [0.2, 0.25) is 0 Å². The van der Waals surface area contributed by atoms with Crippen molar-refractivity contribution in [3.63, 3.8) is 0 Å². The zero-order valence-corrected chi connectivity index (χ0v) is 16.6. The first-order chi connectivity index (χ1) is 12.7. The Hall–Kier alpha value is -2.77. The van der Waals surface area contributed by atoms with E-state index < -0.39 is 12.1 Å². The molecule has 1 unspecified atom stereocenters. The molecule has 4 N–H and O–H groups in total. The van der Waals surface area contributed by atoms with Crippen LogP contribution in [0.3, 0.4) is 0 Å². The van der Waals surface area contributed by atoms with Gasteiger partial charge in [0.15, 0.2) is 0 Å². The van der Waals surface area contributed by atoms with Gasteiger partial charge in [-0.05, 0) is 43.9 Å². The second kappa shape index (κ2) is 11.1. The summed E-state index contributed by atoms with van der Waals surface area (Å²) in [6, 6.07) is 6.29. The molecule has 0 saturated carbocycles. The number of benzene rings is 1. The molecule has 0 aliphatic carbocycles. The number of amides is 4. The van der Waals surface area contributed by atoms with E-state index >= 15 is 0 Å². The summed E-state index contributed by atoms with van der Waals surface area (Å²) >= 11 is 0. The minimum absolute atomic E-state index is 0.0527. The van der Waals surface area contributed by atoms with Crippen molar-refractivity contribution in [1.29, 1.82) is 0 Å². The van der Waals surface area contributed by atoms with Crippen LogP contribution in [0, 0.1) is 5.92 Å². The van der Waals surface area contributed by atoms with E-state index in [4.69, 9.17) is 0 Å². The molecule has 150 valence electrons. The topological polar surface area (TPSA) is 109 Å². The Morgan fingerprint density at radius 3 is 2.15 bits per heavy atom. The van der Waals surface area contributed by atoms with Gasteiger partial charge in [0, 0.05) is 18.3 Å². The molecular weight excluding hydrogens is 348 g/mol. The Labute approximate surface area is 160 Å². The van der Waals surface area contributed by atoms with E-state index in [9.17, 15) is 14.4 Å². The Kier molecular flexibility index (Phi) is 9.12. The maximum Gasteiger partial charge on any atom is 0.407 e. The van der Waals surface area contributed by atoms with Crippen LogP contribution in [0.1, 0.15) is 39.7 Å². The van der Waals surface area contributed by atoms with Crippen LogP contribution >= 0.6 is 0 Å². The average molecular weight is 378 g/mol. The molecule has 0 aromatic heterocycles. The van der Waals surface area contributed by atoms with Crippen LogP contribution in [0.25, 0.3) is 0 Å². The highest BCUT2D eigenvalue weighted by Crippen LogP contribution is 2.10. The Morgan fingerprint density at radius 2 is 1.63 bits per heavy atom. The number of hydrogen-bond acceptors (Lipinski definition) is 4. The van der Waals surface area contributed by atoms with Gasteiger partial charge < -0.3 is 26.0 Å². The van der Waals surface area contributed by atoms with Crippen LogP contribution in [0.15, 0.2) is 24.3 Å². The number of hydrogen-bond donors (Lipinski definition) is 4. The summed E-state index contributed by atoms with van der Waals surface area (Å²) in [5, 5.41) is 10.8. The van der Waals surface area contributed by atoms with E-state index in [1.807, 2.05) is 39.8 Å². The van der Waals surface area contributed by atoms with Gasteiger partial charge in [-0.15, -0.1) is 0 Å². The highest BCUT2D eigenvalue weighted by molar-refractivity contribution is 5.89. The van der Waals surface area contributed by atoms with E-state index in [1.165, 1.54) is 7.11 Å². The quantitative estimate of drug-likeness (QED) is 0.557. The minimum Gasteiger partial charge on any atom is -0.453 e. The van der Waals surface area contributed by atoms with Gasteiger partial charge in [0.1, 0.15) is 6.04 Å². The Morgan fingerprint density at radius 1 is 1.00 bits per heavy atom. The summed E-state index contributed by atoms with van der Waals surface area (Å²) in [5.74, 6) is -0.0344. The highest BCUT2D eigenvalue weighted by atomic mass is 16.5. The third-order valence-electron chi connectivity index (χ3n) is 3.60. The second-order valence-electron chi connectivity index (χ2n) is 6.99. The third kappa shape index (κ3) is 8.94. The molecule has 0 fully saturated rings. The van der Waals surface area contributed by atoms with Gasteiger partial charge in [0.2, 0.25) is 5.91 Å². The van der Waals surface area contributed by atoms with Crippen molar-refractivity contribution in [3.8, 4) is 0 Å². The first kappa shape index (κ1) is 22.3. The maximum atomic E-state index is 12.4. The Balaban J connectivity index is 2.58. The molecule has 0 heterocycles. The molecule has 0 aliphatic rings. The standard InChI is InChI=1S/C19H30N4O4/c1-12(2)10-16(23-19(26)27-5)17(24)20-11-14-6-8-15(9-7-14)22-18(25)21-13(3)4/h6-9,12-13,16H,10-11H2,1-5H3,(H,20,24)(H,23,26)(H2,21,22,25). The van der Waals surface area contributed by atoms with Crippen LogP contribution in [0.5, 0.6) is 0 Å². The molecule has 0 aliphatic heterocycles. The van der Waals surface area contributed by atoms with E-state index in [0.29, 0.717) is 18.7 Å². The molecule has 0 saturated heterocycles. The van der Waals surface area contributed by atoms with Gasteiger partial charge in [-0.3, -0.25) is 4.79 Å². The van der Waals surface area contributed by atoms with Gasteiger partial charge in [0.05, 0.1) is 7.11 Å². The number of alkyl carbamates (subject to hydrolysis) is 1. The smallest absolute Gasteiger partial charge is 0.407 e. The fourth-order valence-electron chi connectivity index (χ4n) is 2.35. The van der Waals surface area contributed by atoms with Crippen molar-refractivity contribution in [2.24, 2.45) is 5.92 Å². The molecule has 0 radical (unpaired) electrons. The maximum absolute atomic E-state index is 12.4. The van der Waals surface area contributed by atoms with Gasteiger partial charge in [-0.2, -0.15) is 0 Å². The molecule has 1 atom stereocenters. The van der Waals surface area contributed by atoms with Crippen molar-refractivity contribution in [2.75, 3.05) is 12.4 Å². The molecule has 8 nitrogen and oxygen atoms in total. The van der Waals surface area contributed by atoms with E-state index in [0.717, 1.165) is 5.56 Å². The van der Waals surface area contributed by atoms with E-state index in [2.05, 4.69) is 26.0 Å². The fourth-order valence-corrected chi connectivity index (χ4v) is 2.35. The Bertz CT molecular complexity index is 629. The highest BCUT2D eigenvalue weighted by Gasteiger charge is 2.21. The lowest BCUT2D eigenvalue weighted by Gasteiger charge is -2.19. The molecule has 1 aromatic carbocycles. The molecule has 0 bridgehead atoms. The zero-order chi connectivity index (χ0) is 20.4. The number of ether oxygens (including phenoxy) is 1. The second-order valence-corrected chi connectivity index (χ2v) is 6.99. The van der Waals surface area contributed by atoms with Gasteiger partial charge in [-0.1, -0.05) is 26.0 Å². The summed E-state index contributed by atoms with van der Waals surface area (Å²) in [6.07, 6.45) is -0.125. The molecule has 4 amide bonds.